The van der Waals surface area contributed by atoms with Gasteiger partial charge >= 0.3 is 0 Å². The first-order chi connectivity index (χ1) is 8.60. The van der Waals surface area contributed by atoms with E-state index in [0.29, 0.717) is 5.69 Å². The van der Waals surface area contributed by atoms with E-state index in [1.807, 2.05) is 0 Å². The summed E-state index contributed by atoms with van der Waals surface area (Å²) in [6.07, 6.45) is -2.79. The molecule has 0 unspecified atom stereocenters. The fourth-order valence-corrected chi connectivity index (χ4v) is 3.48. The molecule has 0 aromatic carbocycles. The number of hydrogen-bond acceptors (Lipinski definition) is 4. The minimum absolute atomic E-state index is 0.0111. The lowest BCUT2D eigenvalue weighted by atomic mass is 9.90. The number of rotatable bonds is 7. The zero-order valence-electron chi connectivity index (χ0n) is 11.1. The predicted molar refractivity (Wildman–Crippen MR) is 71.9 cm³/mol. The molecule has 0 aliphatic heterocycles. The second-order valence-corrected chi connectivity index (χ2v) is 8.07. The molecule has 19 heavy (non-hydrogen) atoms. The Morgan fingerprint density at radius 3 is 2.58 bits per heavy atom. The summed E-state index contributed by atoms with van der Waals surface area (Å²) >= 11 is 1.37. The van der Waals surface area contributed by atoms with Crippen molar-refractivity contribution < 1.29 is 17.2 Å². The summed E-state index contributed by atoms with van der Waals surface area (Å²) in [4.78, 5) is 4.07. The van der Waals surface area contributed by atoms with Gasteiger partial charge in [0.15, 0.2) is 0 Å². The molecule has 1 rings (SSSR count). The van der Waals surface area contributed by atoms with E-state index in [1.54, 1.807) is 26.2 Å². The molecule has 0 aliphatic rings. The first-order valence-corrected chi connectivity index (χ1v) is 8.29. The molecule has 1 aromatic heterocycles. The van der Waals surface area contributed by atoms with Crippen molar-refractivity contribution in [1.82, 2.24) is 9.71 Å². The summed E-state index contributed by atoms with van der Waals surface area (Å²) in [5, 5.41) is 2.47. The molecule has 0 fully saturated rings. The van der Waals surface area contributed by atoms with E-state index in [0.717, 1.165) is 5.01 Å². The van der Waals surface area contributed by atoms with Crippen LogP contribution in [0.25, 0.3) is 0 Å². The Bertz CT molecular complexity index is 513. The minimum Gasteiger partial charge on any atom is -0.245 e. The molecule has 0 spiro atoms. The SMILES string of the molecule is Cc1nc(CS(=O)(=O)NCC(C)(C)CC(F)F)cs1. The Morgan fingerprint density at radius 1 is 1.47 bits per heavy atom. The highest BCUT2D eigenvalue weighted by atomic mass is 32.2. The Morgan fingerprint density at radius 2 is 2.11 bits per heavy atom. The van der Waals surface area contributed by atoms with Crippen LogP contribution in [0.3, 0.4) is 0 Å². The van der Waals surface area contributed by atoms with Crippen molar-refractivity contribution in [2.24, 2.45) is 5.41 Å². The summed E-state index contributed by atoms with van der Waals surface area (Å²) in [6, 6.07) is 0. The van der Waals surface area contributed by atoms with E-state index < -0.39 is 21.9 Å². The van der Waals surface area contributed by atoms with Crippen molar-refractivity contribution in [3.63, 3.8) is 0 Å². The Hall–Kier alpha value is -0.600. The van der Waals surface area contributed by atoms with Crippen molar-refractivity contribution in [3.8, 4) is 0 Å². The number of alkyl halides is 2. The summed E-state index contributed by atoms with van der Waals surface area (Å²) < 4.78 is 50.6. The molecule has 1 N–H and O–H groups in total. The molecule has 4 nitrogen and oxygen atoms in total. The van der Waals surface area contributed by atoms with Gasteiger partial charge in [0.2, 0.25) is 16.4 Å². The van der Waals surface area contributed by atoms with Gasteiger partial charge < -0.3 is 0 Å². The van der Waals surface area contributed by atoms with Gasteiger partial charge in [-0.3, -0.25) is 0 Å². The molecule has 1 aromatic rings. The monoisotopic (exact) mass is 312 g/mol. The van der Waals surface area contributed by atoms with E-state index in [2.05, 4.69) is 9.71 Å². The standard InChI is InChI=1S/C11H18F2N2O2S2/c1-8-15-9(5-18-8)6-19(16,17)14-7-11(2,3)4-10(12)13/h5,10,14H,4,6-7H2,1-3H3. The third kappa shape index (κ3) is 6.40. The van der Waals surface area contributed by atoms with Crippen LogP contribution in [0, 0.1) is 12.3 Å². The summed E-state index contributed by atoms with van der Waals surface area (Å²) in [7, 11) is -3.54. The van der Waals surface area contributed by atoms with Crippen molar-refractivity contribution in [2.75, 3.05) is 6.54 Å². The maximum absolute atomic E-state index is 12.3. The molecular weight excluding hydrogens is 294 g/mol. The van der Waals surface area contributed by atoms with Crippen molar-refractivity contribution in [3.05, 3.63) is 16.1 Å². The Kier molecular flexibility index (Phi) is 5.40. The number of aryl methyl sites for hydroxylation is 1. The van der Waals surface area contributed by atoms with Gasteiger partial charge in [-0.15, -0.1) is 11.3 Å². The second kappa shape index (κ2) is 6.23. The molecule has 0 atom stereocenters. The number of hydrogen-bond donors (Lipinski definition) is 1. The lowest BCUT2D eigenvalue weighted by molar-refractivity contribution is 0.0890. The zero-order chi connectivity index (χ0) is 14.7. The maximum atomic E-state index is 12.3. The molecule has 0 saturated carbocycles. The molecule has 8 heteroatoms. The van der Waals surface area contributed by atoms with Gasteiger partial charge in [-0.1, -0.05) is 13.8 Å². The normalized spacial score (nSPS) is 13.2. The highest BCUT2D eigenvalue weighted by molar-refractivity contribution is 7.88. The van der Waals surface area contributed by atoms with Crippen LogP contribution in [0.2, 0.25) is 0 Å². The van der Waals surface area contributed by atoms with Gasteiger partial charge in [0.1, 0.15) is 5.75 Å². The average Bonchev–Trinajstić information content (AvgIpc) is 2.59. The molecule has 0 aliphatic carbocycles. The fraction of sp³-hybridized carbons (Fsp3) is 0.727. The number of halogens is 2. The van der Waals surface area contributed by atoms with Crippen LogP contribution >= 0.6 is 11.3 Å². The molecule has 110 valence electrons. The van der Waals surface area contributed by atoms with Gasteiger partial charge in [-0.25, -0.2) is 26.9 Å². The van der Waals surface area contributed by atoms with Gasteiger partial charge in [-0.2, -0.15) is 0 Å². The zero-order valence-corrected chi connectivity index (χ0v) is 12.7. The molecule has 0 saturated heterocycles. The highest BCUT2D eigenvalue weighted by Gasteiger charge is 2.25. The maximum Gasteiger partial charge on any atom is 0.239 e. The Labute approximate surface area is 116 Å². The van der Waals surface area contributed by atoms with Crippen LogP contribution in [0.4, 0.5) is 8.78 Å². The summed E-state index contributed by atoms with van der Waals surface area (Å²) in [5.41, 5.74) is -0.305. The van der Waals surface area contributed by atoms with E-state index >= 15 is 0 Å². The van der Waals surface area contributed by atoms with Crippen molar-refractivity contribution in [1.29, 1.82) is 0 Å². The molecule has 0 amide bonds. The number of sulfonamides is 1. The summed E-state index contributed by atoms with van der Waals surface area (Å²) in [6.45, 7) is 4.99. The van der Waals surface area contributed by atoms with Crippen LogP contribution in [-0.2, 0) is 15.8 Å². The van der Waals surface area contributed by atoms with Crippen LogP contribution in [0.15, 0.2) is 5.38 Å². The number of nitrogens with one attached hydrogen (secondary N) is 1. The largest absolute Gasteiger partial charge is 0.245 e. The number of thiazole rings is 1. The lowest BCUT2D eigenvalue weighted by Crippen LogP contribution is -2.35. The fourth-order valence-electron chi connectivity index (χ4n) is 1.52. The molecule has 0 bridgehead atoms. The molecule has 1 heterocycles. The summed E-state index contributed by atoms with van der Waals surface area (Å²) in [5.74, 6) is -0.220. The number of nitrogens with zero attached hydrogens (tertiary/aromatic N) is 1. The van der Waals surface area contributed by atoms with Crippen molar-refractivity contribution >= 4 is 21.4 Å². The Balaban J connectivity index is 2.56. The van der Waals surface area contributed by atoms with E-state index in [-0.39, 0.29) is 18.7 Å². The third-order valence-corrected chi connectivity index (χ3v) is 4.56. The van der Waals surface area contributed by atoms with Crippen LogP contribution in [0.1, 0.15) is 31.0 Å². The first kappa shape index (κ1) is 16.5. The predicted octanol–water partition coefficient (Wildman–Crippen LogP) is 2.55. The van der Waals surface area contributed by atoms with Crippen LogP contribution in [-0.4, -0.2) is 26.4 Å². The van der Waals surface area contributed by atoms with Gasteiger partial charge in [-0.05, 0) is 12.3 Å². The number of aromatic nitrogens is 1. The van der Waals surface area contributed by atoms with Gasteiger partial charge in [0.25, 0.3) is 0 Å². The first-order valence-electron chi connectivity index (χ1n) is 5.76. The van der Waals surface area contributed by atoms with Crippen LogP contribution in [0.5, 0.6) is 0 Å². The van der Waals surface area contributed by atoms with E-state index in [4.69, 9.17) is 0 Å². The van der Waals surface area contributed by atoms with Crippen LogP contribution < -0.4 is 4.72 Å². The highest BCUT2D eigenvalue weighted by Crippen LogP contribution is 2.23. The third-order valence-electron chi connectivity index (χ3n) is 2.48. The van der Waals surface area contributed by atoms with E-state index in [9.17, 15) is 17.2 Å². The van der Waals surface area contributed by atoms with Gasteiger partial charge in [0.05, 0.1) is 10.7 Å². The van der Waals surface area contributed by atoms with Crippen molar-refractivity contribution in [2.45, 2.75) is 39.4 Å². The molecule has 0 radical (unpaired) electrons. The second-order valence-electron chi connectivity index (χ2n) is 5.20. The topological polar surface area (TPSA) is 59.1 Å². The minimum atomic E-state index is -3.54. The smallest absolute Gasteiger partial charge is 0.239 e. The lowest BCUT2D eigenvalue weighted by Gasteiger charge is -2.24. The quantitative estimate of drug-likeness (QED) is 0.842. The van der Waals surface area contributed by atoms with Gasteiger partial charge in [0, 0.05) is 18.3 Å². The average molecular weight is 312 g/mol. The van der Waals surface area contributed by atoms with E-state index in [1.165, 1.54) is 11.3 Å². The molecular formula is C11H18F2N2O2S2.